The van der Waals surface area contributed by atoms with Gasteiger partial charge >= 0.3 is 0 Å². The van der Waals surface area contributed by atoms with Crippen molar-refractivity contribution in [2.24, 2.45) is 11.8 Å². The standard InChI is InChI=1S/C12H23ClN2O2S/c1-10-4-3-7-15(9-10)18(16,17)14-12-6-2-5-11(12)8-13/h10-12,14H,2-9H2,1H3. The number of halogens is 1. The van der Waals surface area contributed by atoms with Crippen molar-refractivity contribution >= 4 is 21.8 Å². The van der Waals surface area contributed by atoms with Crippen LogP contribution < -0.4 is 4.72 Å². The monoisotopic (exact) mass is 294 g/mol. The molecule has 3 unspecified atom stereocenters. The van der Waals surface area contributed by atoms with Crippen LogP contribution in [0.3, 0.4) is 0 Å². The van der Waals surface area contributed by atoms with Gasteiger partial charge in [0, 0.05) is 25.0 Å². The van der Waals surface area contributed by atoms with Gasteiger partial charge in [0.1, 0.15) is 0 Å². The summed E-state index contributed by atoms with van der Waals surface area (Å²) in [6, 6.07) is 0.0322. The molecule has 18 heavy (non-hydrogen) atoms. The third-order valence-electron chi connectivity index (χ3n) is 4.12. The predicted octanol–water partition coefficient (Wildman–Crippen LogP) is 1.96. The summed E-state index contributed by atoms with van der Waals surface area (Å²) in [5, 5.41) is 0. The van der Waals surface area contributed by atoms with E-state index in [1.807, 2.05) is 0 Å². The van der Waals surface area contributed by atoms with Gasteiger partial charge in [-0.15, -0.1) is 11.6 Å². The lowest BCUT2D eigenvalue weighted by molar-refractivity contribution is 0.275. The summed E-state index contributed by atoms with van der Waals surface area (Å²) >= 11 is 5.89. The Bertz CT molecular complexity index is 374. The van der Waals surface area contributed by atoms with E-state index < -0.39 is 10.2 Å². The van der Waals surface area contributed by atoms with Crippen molar-refractivity contribution in [2.45, 2.75) is 45.1 Å². The molecule has 0 bridgehead atoms. The van der Waals surface area contributed by atoms with Crippen molar-refractivity contribution < 1.29 is 8.42 Å². The Kier molecular flexibility index (Phi) is 4.92. The molecule has 2 rings (SSSR count). The fourth-order valence-corrected chi connectivity index (χ4v) is 5.04. The van der Waals surface area contributed by atoms with Gasteiger partial charge in [-0.25, -0.2) is 0 Å². The van der Waals surface area contributed by atoms with E-state index in [0.29, 0.717) is 30.8 Å². The van der Waals surface area contributed by atoms with E-state index in [0.717, 1.165) is 32.1 Å². The Balaban J connectivity index is 1.98. The van der Waals surface area contributed by atoms with E-state index in [1.165, 1.54) is 0 Å². The van der Waals surface area contributed by atoms with Crippen LogP contribution in [0, 0.1) is 11.8 Å². The Morgan fingerprint density at radius 1 is 1.28 bits per heavy atom. The molecule has 4 nitrogen and oxygen atoms in total. The van der Waals surface area contributed by atoms with Crippen molar-refractivity contribution in [2.75, 3.05) is 19.0 Å². The highest BCUT2D eigenvalue weighted by Gasteiger charge is 2.34. The van der Waals surface area contributed by atoms with E-state index in [1.54, 1.807) is 4.31 Å². The summed E-state index contributed by atoms with van der Waals surface area (Å²) in [6.07, 6.45) is 5.11. The third-order valence-corrected chi connectivity index (χ3v) is 6.13. The molecule has 0 amide bonds. The maximum absolute atomic E-state index is 12.3. The highest BCUT2D eigenvalue weighted by atomic mass is 35.5. The molecule has 106 valence electrons. The van der Waals surface area contributed by atoms with Crippen molar-refractivity contribution in [1.82, 2.24) is 9.03 Å². The number of piperidine rings is 1. The molecular weight excluding hydrogens is 272 g/mol. The second-order valence-corrected chi connectivity index (χ2v) is 7.69. The van der Waals surface area contributed by atoms with Crippen LogP contribution in [-0.2, 0) is 10.2 Å². The van der Waals surface area contributed by atoms with E-state index in [4.69, 9.17) is 11.6 Å². The van der Waals surface area contributed by atoms with Crippen molar-refractivity contribution in [3.05, 3.63) is 0 Å². The molecule has 1 saturated heterocycles. The molecule has 0 spiro atoms. The predicted molar refractivity (Wildman–Crippen MR) is 73.9 cm³/mol. The van der Waals surface area contributed by atoms with Crippen LogP contribution in [0.15, 0.2) is 0 Å². The summed E-state index contributed by atoms with van der Waals surface area (Å²) < 4.78 is 29.1. The van der Waals surface area contributed by atoms with Crippen molar-refractivity contribution in [1.29, 1.82) is 0 Å². The SMILES string of the molecule is CC1CCCN(S(=O)(=O)NC2CCCC2CCl)C1. The Labute approximate surface area is 115 Å². The third kappa shape index (κ3) is 3.38. The first-order valence-electron chi connectivity index (χ1n) is 6.86. The highest BCUT2D eigenvalue weighted by molar-refractivity contribution is 7.87. The normalized spacial score (nSPS) is 34.9. The van der Waals surface area contributed by atoms with Gasteiger partial charge in [-0.1, -0.05) is 13.3 Å². The van der Waals surface area contributed by atoms with Gasteiger partial charge in [0.2, 0.25) is 0 Å². The fraction of sp³-hybridized carbons (Fsp3) is 1.00. The number of nitrogens with one attached hydrogen (secondary N) is 1. The molecule has 3 atom stereocenters. The fourth-order valence-electron chi connectivity index (χ4n) is 3.01. The number of alkyl halides is 1. The average molecular weight is 295 g/mol. The minimum Gasteiger partial charge on any atom is -0.199 e. The molecule has 1 heterocycles. The van der Waals surface area contributed by atoms with Crippen LogP contribution in [0.25, 0.3) is 0 Å². The van der Waals surface area contributed by atoms with E-state index in [-0.39, 0.29) is 6.04 Å². The first-order valence-corrected chi connectivity index (χ1v) is 8.83. The van der Waals surface area contributed by atoms with Gasteiger partial charge in [0.05, 0.1) is 0 Å². The van der Waals surface area contributed by atoms with Crippen LogP contribution in [0.5, 0.6) is 0 Å². The smallest absolute Gasteiger partial charge is 0.199 e. The van der Waals surface area contributed by atoms with Gasteiger partial charge in [0.25, 0.3) is 10.2 Å². The number of rotatable bonds is 4. The summed E-state index contributed by atoms with van der Waals surface area (Å²) in [5.41, 5.74) is 0. The summed E-state index contributed by atoms with van der Waals surface area (Å²) in [7, 11) is -3.32. The molecule has 6 heteroatoms. The van der Waals surface area contributed by atoms with Crippen LogP contribution >= 0.6 is 11.6 Å². The minimum atomic E-state index is -3.32. The Morgan fingerprint density at radius 3 is 2.72 bits per heavy atom. The zero-order chi connectivity index (χ0) is 13.2. The second kappa shape index (κ2) is 6.07. The first-order chi connectivity index (χ1) is 8.53. The van der Waals surface area contributed by atoms with Gasteiger partial charge < -0.3 is 0 Å². The maximum atomic E-state index is 12.3. The topological polar surface area (TPSA) is 49.4 Å². The zero-order valence-corrected chi connectivity index (χ0v) is 12.5. The maximum Gasteiger partial charge on any atom is 0.279 e. The molecule has 0 radical (unpaired) electrons. The molecule has 1 aliphatic heterocycles. The summed E-state index contributed by atoms with van der Waals surface area (Å²) in [4.78, 5) is 0. The number of hydrogen-bond donors (Lipinski definition) is 1. The van der Waals surface area contributed by atoms with Crippen LogP contribution in [0.1, 0.15) is 39.0 Å². The van der Waals surface area contributed by atoms with Gasteiger partial charge in [-0.3, -0.25) is 0 Å². The molecule has 1 aliphatic carbocycles. The zero-order valence-electron chi connectivity index (χ0n) is 10.9. The summed E-state index contributed by atoms with van der Waals surface area (Å²) in [6.45, 7) is 3.41. The average Bonchev–Trinajstić information content (AvgIpc) is 2.75. The van der Waals surface area contributed by atoms with Crippen molar-refractivity contribution in [3.8, 4) is 0 Å². The Hall–Kier alpha value is 0.160. The summed E-state index contributed by atoms with van der Waals surface area (Å²) in [5.74, 6) is 1.30. The van der Waals surface area contributed by atoms with Crippen LogP contribution in [0.2, 0.25) is 0 Å². The van der Waals surface area contributed by atoms with Crippen LogP contribution in [-0.4, -0.2) is 37.7 Å². The molecule has 0 aromatic rings. The van der Waals surface area contributed by atoms with E-state index in [2.05, 4.69) is 11.6 Å². The van der Waals surface area contributed by atoms with Gasteiger partial charge in [0.15, 0.2) is 0 Å². The highest BCUT2D eigenvalue weighted by Crippen LogP contribution is 2.28. The number of nitrogens with zero attached hydrogens (tertiary/aromatic N) is 1. The van der Waals surface area contributed by atoms with Gasteiger partial charge in [-0.05, 0) is 37.5 Å². The number of hydrogen-bond acceptors (Lipinski definition) is 2. The quantitative estimate of drug-likeness (QED) is 0.806. The lowest BCUT2D eigenvalue weighted by Gasteiger charge is -2.31. The molecule has 0 aromatic heterocycles. The largest absolute Gasteiger partial charge is 0.279 e. The molecular formula is C12H23ClN2O2S. The van der Waals surface area contributed by atoms with Gasteiger partial charge in [-0.2, -0.15) is 17.4 Å². The molecule has 0 aromatic carbocycles. The lowest BCUT2D eigenvalue weighted by Crippen LogP contribution is -2.49. The minimum absolute atomic E-state index is 0.0322. The van der Waals surface area contributed by atoms with E-state index >= 15 is 0 Å². The first kappa shape index (κ1) is 14.6. The molecule has 2 aliphatic rings. The molecule has 1 N–H and O–H groups in total. The lowest BCUT2D eigenvalue weighted by atomic mass is 10.0. The van der Waals surface area contributed by atoms with Crippen LogP contribution in [0.4, 0.5) is 0 Å². The second-order valence-electron chi connectivity index (χ2n) is 5.68. The van der Waals surface area contributed by atoms with E-state index in [9.17, 15) is 8.42 Å². The Morgan fingerprint density at radius 2 is 2.06 bits per heavy atom. The van der Waals surface area contributed by atoms with Crippen molar-refractivity contribution in [3.63, 3.8) is 0 Å². The molecule has 1 saturated carbocycles. The molecule has 2 fully saturated rings.